The van der Waals surface area contributed by atoms with Crippen LogP contribution in [0.25, 0.3) is 0 Å². The fourth-order valence-electron chi connectivity index (χ4n) is 3.41. The molecule has 0 aromatic heterocycles. The largest absolute Gasteiger partial charge is 0.388 e. The Morgan fingerprint density at radius 2 is 1.58 bits per heavy atom. The fourth-order valence-corrected chi connectivity index (χ4v) is 5.64. The maximum absolute atomic E-state index is 11.5. The van der Waals surface area contributed by atoms with Crippen molar-refractivity contribution in [3.63, 3.8) is 0 Å². The van der Waals surface area contributed by atoms with Crippen molar-refractivity contribution in [1.82, 2.24) is 4.90 Å². The van der Waals surface area contributed by atoms with Crippen molar-refractivity contribution >= 4 is 38.7 Å². The lowest BCUT2D eigenvalue weighted by Gasteiger charge is -2.41. The number of anilines is 1. The molecule has 0 amide bonds. The van der Waals surface area contributed by atoms with Crippen molar-refractivity contribution in [3.05, 3.63) is 28.2 Å². The van der Waals surface area contributed by atoms with Gasteiger partial charge in [0.05, 0.1) is 32.8 Å². The van der Waals surface area contributed by atoms with Crippen LogP contribution in [-0.4, -0.2) is 68.3 Å². The second kappa shape index (κ2) is 7.00. The van der Waals surface area contributed by atoms with Crippen LogP contribution in [0.1, 0.15) is 12.8 Å². The van der Waals surface area contributed by atoms with Crippen LogP contribution < -0.4 is 4.90 Å². The average Bonchev–Trinajstić information content (AvgIpc) is 2.52. The molecule has 1 aromatic rings. The van der Waals surface area contributed by atoms with Gasteiger partial charge in [-0.3, -0.25) is 4.90 Å². The summed E-state index contributed by atoms with van der Waals surface area (Å²) in [5.41, 5.74) is -0.0295. The molecule has 5 nitrogen and oxygen atoms in total. The van der Waals surface area contributed by atoms with Crippen LogP contribution in [0.5, 0.6) is 0 Å². The summed E-state index contributed by atoms with van der Waals surface area (Å²) in [6, 6.07) is 5.50. The summed E-state index contributed by atoms with van der Waals surface area (Å²) < 4.78 is 23.1. The zero-order chi connectivity index (χ0) is 17.4. The van der Waals surface area contributed by atoms with Crippen LogP contribution in [-0.2, 0) is 9.84 Å². The van der Waals surface area contributed by atoms with Crippen LogP contribution in [0.2, 0.25) is 10.0 Å². The molecular formula is C16H22Cl2N2O3S. The molecule has 1 aromatic carbocycles. The van der Waals surface area contributed by atoms with Crippen molar-refractivity contribution in [2.75, 3.05) is 49.1 Å². The highest BCUT2D eigenvalue weighted by Crippen LogP contribution is 2.34. The summed E-state index contributed by atoms with van der Waals surface area (Å²) in [7, 11) is -2.97. The molecule has 0 saturated carbocycles. The zero-order valence-corrected chi connectivity index (χ0v) is 15.7. The normalized spacial score (nSPS) is 24.0. The van der Waals surface area contributed by atoms with Gasteiger partial charge in [-0.2, -0.15) is 0 Å². The predicted octanol–water partition coefficient (Wildman–Crippen LogP) is 2.06. The van der Waals surface area contributed by atoms with Gasteiger partial charge in [0.15, 0.2) is 9.84 Å². The first kappa shape index (κ1) is 18.3. The molecule has 3 rings (SSSR count). The number of para-hydroxylation sites is 1. The molecule has 1 N–H and O–H groups in total. The second-order valence-corrected chi connectivity index (χ2v) is 9.83. The lowest BCUT2D eigenvalue weighted by Crippen LogP contribution is -2.54. The maximum Gasteiger partial charge on any atom is 0.150 e. The van der Waals surface area contributed by atoms with E-state index in [1.54, 1.807) is 0 Å². The van der Waals surface area contributed by atoms with Crippen LogP contribution in [0.4, 0.5) is 5.69 Å². The summed E-state index contributed by atoms with van der Waals surface area (Å²) >= 11 is 12.5. The SMILES string of the molecule is O=S1(=O)CCC(O)(CN2CCN(c3c(Cl)cccc3Cl)CC2)CC1. The first-order chi connectivity index (χ1) is 11.3. The molecular weight excluding hydrogens is 371 g/mol. The summed E-state index contributed by atoms with van der Waals surface area (Å²) in [6.45, 7) is 3.65. The highest BCUT2D eigenvalue weighted by molar-refractivity contribution is 7.91. The molecule has 2 fully saturated rings. The summed E-state index contributed by atoms with van der Waals surface area (Å²) in [5, 5.41) is 12.0. The van der Waals surface area contributed by atoms with E-state index in [9.17, 15) is 13.5 Å². The number of piperazine rings is 1. The Balaban J connectivity index is 1.58. The van der Waals surface area contributed by atoms with Gasteiger partial charge in [0, 0.05) is 32.7 Å². The Kier molecular flexibility index (Phi) is 5.33. The van der Waals surface area contributed by atoms with Gasteiger partial charge >= 0.3 is 0 Å². The summed E-state index contributed by atoms with van der Waals surface area (Å²) in [4.78, 5) is 4.36. The van der Waals surface area contributed by atoms with Crippen molar-refractivity contribution in [3.8, 4) is 0 Å². The number of β-amino-alcohol motifs (C(OH)–C–C–N with tert-alkyl or cyclic N) is 1. The standard InChI is InChI=1S/C16H22Cl2N2O3S/c17-13-2-1-3-14(18)15(13)20-8-6-19(7-9-20)12-16(21)4-10-24(22,23)11-5-16/h1-3,21H,4-12H2. The highest BCUT2D eigenvalue weighted by Gasteiger charge is 2.37. The number of hydrogen-bond donors (Lipinski definition) is 1. The molecule has 8 heteroatoms. The van der Waals surface area contributed by atoms with E-state index in [0.29, 0.717) is 29.4 Å². The Hall–Kier alpha value is -0.530. The smallest absolute Gasteiger partial charge is 0.150 e. The molecule has 134 valence electrons. The minimum absolute atomic E-state index is 0.0820. The Morgan fingerprint density at radius 1 is 1.04 bits per heavy atom. The van der Waals surface area contributed by atoms with E-state index in [4.69, 9.17) is 23.2 Å². The summed E-state index contributed by atoms with van der Waals surface area (Å²) in [6.07, 6.45) is 0.651. The number of hydrogen-bond acceptors (Lipinski definition) is 5. The van der Waals surface area contributed by atoms with Crippen molar-refractivity contribution in [1.29, 1.82) is 0 Å². The van der Waals surface area contributed by atoms with Gasteiger partial charge in [0.25, 0.3) is 0 Å². The van der Waals surface area contributed by atoms with Crippen molar-refractivity contribution in [2.24, 2.45) is 0 Å². The van der Waals surface area contributed by atoms with Crippen LogP contribution >= 0.6 is 23.2 Å². The van der Waals surface area contributed by atoms with E-state index in [0.717, 1.165) is 31.9 Å². The molecule has 24 heavy (non-hydrogen) atoms. The molecule has 0 spiro atoms. The van der Waals surface area contributed by atoms with E-state index >= 15 is 0 Å². The molecule has 2 heterocycles. The lowest BCUT2D eigenvalue weighted by atomic mass is 9.96. The van der Waals surface area contributed by atoms with Gasteiger partial charge in [0.2, 0.25) is 0 Å². The average molecular weight is 393 g/mol. The Morgan fingerprint density at radius 3 is 2.12 bits per heavy atom. The van der Waals surface area contributed by atoms with Crippen LogP contribution in [0, 0.1) is 0 Å². The topological polar surface area (TPSA) is 60.9 Å². The third kappa shape index (κ3) is 4.17. The molecule has 0 atom stereocenters. The summed E-state index contributed by atoms with van der Waals surface area (Å²) in [5.74, 6) is 0.164. The Bertz CT molecular complexity index is 669. The van der Waals surface area contributed by atoms with Gasteiger partial charge in [-0.05, 0) is 25.0 Å². The number of halogens is 2. The van der Waals surface area contributed by atoms with Crippen molar-refractivity contribution < 1.29 is 13.5 Å². The predicted molar refractivity (Wildman–Crippen MR) is 98.0 cm³/mol. The van der Waals surface area contributed by atoms with Gasteiger partial charge in [0.1, 0.15) is 0 Å². The molecule has 0 aliphatic carbocycles. The van der Waals surface area contributed by atoms with E-state index in [1.165, 1.54) is 0 Å². The van der Waals surface area contributed by atoms with E-state index in [-0.39, 0.29) is 11.5 Å². The third-order valence-electron chi connectivity index (χ3n) is 4.90. The van der Waals surface area contributed by atoms with Crippen molar-refractivity contribution in [2.45, 2.75) is 18.4 Å². The van der Waals surface area contributed by atoms with E-state index < -0.39 is 15.4 Å². The molecule has 2 saturated heterocycles. The number of nitrogens with zero attached hydrogens (tertiary/aromatic N) is 2. The second-order valence-electron chi connectivity index (χ2n) is 6.71. The molecule has 2 aliphatic heterocycles. The van der Waals surface area contributed by atoms with Crippen LogP contribution in [0.15, 0.2) is 18.2 Å². The minimum atomic E-state index is -2.97. The molecule has 0 unspecified atom stereocenters. The fraction of sp³-hybridized carbons (Fsp3) is 0.625. The zero-order valence-electron chi connectivity index (χ0n) is 13.4. The third-order valence-corrected chi connectivity index (χ3v) is 7.16. The number of sulfone groups is 1. The van der Waals surface area contributed by atoms with Gasteiger partial charge < -0.3 is 10.0 Å². The number of rotatable bonds is 3. The lowest BCUT2D eigenvalue weighted by molar-refractivity contribution is -0.00606. The van der Waals surface area contributed by atoms with Gasteiger partial charge in [-0.1, -0.05) is 29.3 Å². The van der Waals surface area contributed by atoms with Gasteiger partial charge in [-0.15, -0.1) is 0 Å². The molecule has 0 bridgehead atoms. The Labute approximate surface area is 153 Å². The highest BCUT2D eigenvalue weighted by atomic mass is 35.5. The molecule has 2 aliphatic rings. The monoisotopic (exact) mass is 392 g/mol. The van der Waals surface area contributed by atoms with Gasteiger partial charge in [-0.25, -0.2) is 8.42 Å². The molecule has 0 radical (unpaired) electrons. The quantitative estimate of drug-likeness (QED) is 0.852. The van der Waals surface area contributed by atoms with Crippen LogP contribution in [0.3, 0.4) is 0 Å². The number of benzene rings is 1. The van der Waals surface area contributed by atoms with E-state index in [2.05, 4.69) is 9.80 Å². The number of aliphatic hydroxyl groups is 1. The first-order valence-electron chi connectivity index (χ1n) is 8.12. The first-order valence-corrected chi connectivity index (χ1v) is 10.7. The minimum Gasteiger partial charge on any atom is -0.388 e. The van der Waals surface area contributed by atoms with E-state index in [1.807, 2.05) is 18.2 Å². The maximum atomic E-state index is 11.5.